The molecule has 0 radical (unpaired) electrons. The zero-order valence-corrected chi connectivity index (χ0v) is 30.7. The minimum absolute atomic E-state index is 0.137. The fourth-order valence-corrected chi connectivity index (χ4v) is 7.42. The number of carbonyl (C=O) groups is 4. The van der Waals surface area contributed by atoms with Crippen LogP contribution in [0.3, 0.4) is 0 Å². The smallest absolute Gasteiger partial charge is 0.314 e. The van der Waals surface area contributed by atoms with Gasteiger partial charge in [0.25, 0.3) is 32.1 Å². The van der Waals surface area contributed by atoms with Crippen LogP contribution in [0.4, 0.5) is 22.7 Å². The lowest BCUT2D eigenvalue weighted by Crippen LogP contribution is -2.29. The second kappa shape index (κ2) is 14.8. The van der Waals surface area contributed by atoms with Gasteiger partial charge in [0.1, 0.15) is 21.3 Å². The zero-order chi connectivity index (χ0) is 40.7. The predicted molar refractivity (Wildman–Crippen MR) is 206 cm³/mol. The molecule has 0 spiro atoms. The SMILES string of the molecule is Cc1cc(C(=O)Nc2ccc(S(=O)(=O)O)c3c(O)cccc23)ccc1NC(=O)C(=O)Nc1ccc(C(=O)Nc2ccc(S(=O)(=O)O)c3c(O)cccc23)cc1C. The zero-order valence-electron chi connectivity index (χ0n) is 29.1. The average molecular weight is 799 g/mol. The lowest BCUT2D eigenvalue weighted by atomic mass is 10.1. The Hall–Kier alpha value is -6.86. The number of benzene rings is 6. The summed E-state index contributed by atoms with van der Waals surface area (Å²) in [5.74, 6) is -4.18. The molecule has 0 saturated carbocycles. The summed E-state index contributed by atoms with van der Waals surface area (Å²) in [4.78, 5) is 51.0. The van der Waals surface area contributed by atoms with Crippen molar-refractivity contribution in [3.8, 4) is 11.5 Å². The van der Waals surface area contributed by atoms with Crippen LogP contribution in [0.2, 0.25) is 0 Å². The van der Waals surface area contributed by atoms with Gasteiger partial charge in [-0.3, -0.25) is 28.3 Å². The molecule has 0 aliphatic heterocycles. The fourth-order valence-electron chi connectivity index (χ4n) is 6.00. The summed E-state index contributed by atoms with van der Waals surface area (Å²) >= 11 is 0. The predicted octanol–water partition coefficient (Wildman–Crippen LogP) is 5.60. The van der Waals surface area contributed by atoms with Gasteiger partial charge in [-0.25, -0.2) is 0 Å². The molecule has 0 bridgehead atoms. The highest BCUT2D eigenvalue weighted by Gasteiger charge is 2.23. The number of rotatable bonds is 8. The standard InChI is InChI=1S/C38H30N4O12S2/c1-19-17-21(35(45)41-27-13-15-31(55(49,50)51)33-23(27)5-3-7-29(33)43)9-11-25(19)39-37(47)38(48)40-26-12-10-22(18-20(26)2)36(46)42-28-14-16-32(56(52,53)54)34-24(28)6-4-8-30(34)44/h3-18,43-44H,1-2H3,(H,39,47)(H,40,48)(H,41,45)(H,42,46)(H,49,50,51)(H,52,53,54). The molecule has 16 nitrogen and oxygen atoms in total. The summed E-state index contributed by atoms with van der Waals surface area (Å²) in [6.45, 7) is 3.17. The highest BCUT2D eigenvalue weighted by Crippen LogP contribution is 2.37. The Bertz CT molecular complexity index is 2700. The van der Waals surface area contributed by atoms with E-state index in [-0.39, 0.29) is 55.4 Å². The van der Waals surface area contributed by atoms with E-state index in [4.69, 9.17) is 0 Å². The van der Waals surface area contributed by atoms with Crippen LogP contribution in [0.15, 0.2) is 107 Å². The van der Waals surface area contributed by atoms with Crippen molar-refractivity contribution < 1.29 is 55.3 Å². The minimum atomic E-state index is -4.70. The topological polar surface area (TPSA) is 266 Å². The molecule has 0 saturated heterocycles. The Morgan fingerprint density at radius 2 is 0.839 bits per heavy atom. The van der Waals surface area contributed by atoms with Crippen LogP contribution >= 0.6 is 0 Å². The molecule has 6 aromatic carbocycles. The Morgan fingerprint density at radius 3 is 1.18 bits per heavy atom. The van der Waals surface area contributed by atoms with Gasteiger partial charge in [-0.05, 0) is 97.8 Å². The third-order valence-electron chi connectivity index (χ3n) is 8.69. The maximum absolute atomic E-state index is 13.2. The minimum Gasteiger partial charge on any atom is -0.507 e. The molecule has 56 heavy (non-hydrogen) atoms. The molecule has 0 atom stereocenters. The van der Waals surface area contributed by atoms with Crippen LogP contribution in [-0.4, -0.2) is 59.8 Å². The van der Waals surface area contributed by atoms with Gasteiger partial charge < -0.3 is 31.5 Å². The van der Waals surface area contributed by atoms with Crippen molar-refractivity contribution in [1.29, 1.82) is 0 Å². The van der Waals surface area contributed by atoms with Gasteiger partial charge in [-0.15, -0.1) is 0 Å². The number of amides is 4. The number of aromatic hydroxyl groups is 2. The molecular weight excluding hydrogens is 769 g/mol. The number of phenols is 2. The maximum atomic E-state index is 13.2. The number of hydrogen-bond donors (Lipinski definition) is 8. The molecule has 0 aromatic heterocycles. The van der Waals surface area contributed by atoms with E-state index >= 15 is 0 Å². The Kier molecular flexibility index (Phi) is 10.2. The molecule has 0 fully saturated rings. The first-order chi connectivity index (χ1) is 26.3. The molecule has 6 aromatic rings. The summed E-state index contributed by atoms with van der Waals surface area (Å²) in [7, 11) is -9.39. The Labute approximate surface area is 318 Å². The fraction of sp³-hybridized carbons (Fsp3) is 0.0526. The van der Waals surface area contributed by atoms with Crippen LogP contribution in [0.1, 0.15) is 31.8 Å². The summed E-state index contributed by atoms with van der Waals surface area (Å²) in [6, 6.07) is 21.3. The highest BCUT2D eigenvalue weighted by atomic mass is 32.2. The monoisotopic (exact) mass is 798 g/mol. The van der Waals surface area contributed by atoms with Crippen molar-refractivity contribution in [3.05, 3.63) is 119 Å². The van der Waals surface area contributed by atoms with Crippen molar-refractivity contribution >= 4 is 88.2 Å². The van der Waals surface area contributed by atoms with Gasteiger partial charge in [-0.2, -0.15) is 16.8 Å². The second-order valence-corrected chi connectivity index (χ2v) is 15.2. The number of phenolic OH excluding ortho intramolecular Hbond substituents is 2. The van der Waals surface area contributed by atoms with Gasteiger partial charge >= 0.3 is 11.8 Å². The molecule has 8 N–H and O–H groups in total. The number of anilines is 4. The van der Waals surface area contributed by atoms with E-state index in [0.717, 1.165) is 12.1 Å². The summed E-state index contributed by atoms with van der Waals surface area (Å²) in [5.41, 5.74) is 1.80. The van der Waals surface area contributed by atoms with Crippen molar-refractivity contribution in [1.82, 2.24) is 0 Å². The molecule has 286 valence electrons. The summed E-state index contributed by atoms with van der Waals surface area (Å²) < 4.78 is 66.7. The van der Waals surface area contributed by atoms with Crippen molar-refractivity contribution in [2.45, 2.75) is 23.6 Å². The largest absolute Gasteiger partial charge is 0.507 e. The van der Waals surface area contributed by atoms with Crippen LogP contribution in [0.5, 0.6) is 11.5 Å². The molecule has 6 rings (SSSR count). The molecule has 4 amide bonds. The van der Waals surface area contributed by atoms with E-state index in [9.17, 15) is 55.3 Å². The lowest BCUT2D eigenvalue weighted by molar-refractivity contribution is -0.133. The molecule has 0 aliphatic rings. The van der Waals surface area contributed by atoms with Crippen LogP contribution in [0, 0.1) is 13.8 Å². The van der Waals surface area contributed by atoms with E-state index in [1.807, 2.05) is 0 Å². The van der Waals surface area contributed by atoms with Crippen LogP contribution in [-0.2, 0) is 29.8 Å². The van der Waals surface area contributed by atoms with E-state index in [1.54, 1.807) is 13.8 Å². The first-order valence-electron chi connectivity index (χ1n) is 16.2. The van der Waals surface area contributed by atoms with Crippen molar-refractivity contribution in [2.24, 2.45) is 0 Å². The van der Waals surface area contributed by atoms with Crippen LogP contribution in [0.25, 0.3) is 21.5 Å². The summed E-state index contributed by atoms with van der Waals surface area (Å²) in [5, 5.41) is 30.8. The lowest BCUT2D eigenvalue weighted by Gasteiger charge is -2.14. The van der Waals surface area contributed by atoms with Gasteiger partial charge in [0.2, 0.25) is 0 Å². The number of aryl methyl sites for hydroxylation is 2. The quantitative estimate of drug-likeness (QED) is 0.0691. The first kappa shape index (κ1) is 38.9. The Morgan fingerprint density at radius 1 is 0.482 bits per heavy atom. The number of hydrogen-bond acceptors (Lipinski definition) is 10. The third-order valence-corrected chi connectivity index (χ3v) is 10.5. The van der Waals surface area contributed by atoms with E-state index in [2.05, 4.69) is 21.3 Å². The van der Waals surface area contributed by atoms with E-state index < -0.39 is 65.2 Å². The second-order valence-electron chi connectivity index (χ2n) is 12.4. The number of carbonyl (C=O) groups excluding carboxylic acids is 4. The molecule has 0 aliphatic carbocycles. The third kappa shape index (κ3) is 7.84. The van der Waals surface area contributed by atoms with Crippen molar-refractivity contribution in [3.63, 3.8) is 0 Å². The normalized spacial score (nSPS) is 11.6. The van der Waals surface area contributed by atoms with Gasteiger partial charge in [-0.1, -0.05) is 24.3 Å². The molecule has 0 unspecified atom stereocenters. The van der Waals surface area contributed by atoms with Gasteiger partial charge in [0.15, 0.2) is 0 Å². The Balaban J connectivity index is 1.11. The van der Waals surface area contributed by atoms with E-state index in [0.29, 0.717) is 11.1 Å². The van der Waals surface area contributed by atoms with Crippen LogP contribution < -0.4 is 21.3 Å². The van der Waals surface area contributed by atoms with Crippen molar-refractivity contribution in [2.75, 3.05) is 21.3 Å². The first-order valence-corrected chi connectivity index (χ1v) is 19.1. The number of fused-ring (bicyclic) bond motifs is 2. The molecular formula is C38H30N4O12S2. The summed E-state index contributed by atoms with van der Waals surface area (Å²) in [6.07, 6.45) is 0. The van der Waals surface area contributed by atoms with E-state index in [1.165, 1.54) is 84.9 Å². The van der Waals surface area contributed by atoms with Gasteiger partial charge in [0, 0.05) is 55.4 Å². The maximum Gasteiger partial charge on any atom is 0.314 e. The highest BCUT2D eigenvalue weighted by molar-refractivity contribution is 7.86. The average Bonchev–Trinajstić information content (AvgIpc) is 3.12. The number of nitrogens with one attached hydrogen (secondary N) is 4. The molecule has 18 heteroatoms. The van der Waals surface area contributed by atoms with Gasteiger partial charge in [0.05, 0.1) is 0 Å². The molecule has 0 heterocycles.